The molecule has 0 unspecified atom stereocenters. The molecule has 0 saturated heterocycles. The van der Waals surface area contributed by atoms with E-state index in [2.05, 4.69) is 136 Å². The number of hydrogen-bond donors (Lipinski definition) is 0. The molecular weight excluding hydrogens is 548 g/mol. The van der Waals surface area contributed by atoms with Crippen molar-refractivity contribution in [1.29, 1.82) is 0 Å². The predicted octanol–water partition coefficient (Wildman–Crippen LogP) is 10.3. The summed E-state index contributed by atoms with van der Waals surface area (Å²) in [5, 5.41) is 7.30. The molecule has 0 amide bonds. The predicted molar refractivity (Wildman–Crippen MR) is 185 cm³/mol. The van der Waals surface area contributed by atoms with E-state index in [0.717, 1.165) is 50.4 Å². The fraction of sp³-hybridized carbons (Fsp3) is 0. The van der Waals surface area contributed by atoms with Crippen LogP contribution in [0.5, 0.6) is 0 Å². The van der Waals surface area contributed by atoms with E-state index < -0.39 is 0 Å². The summed E-state index contributed by atoms with van der Waals surface area (Å²) in [6.45, 7) is 0. The molecular formula is C41H26N4. The Morgan fingerprint density at radius 1 is 0.422 bits per heavy atom. The summed E-state index contributed by atoms with van der Waals surface area (Å²) < 4.78 is 2.31. The van der Waals surface area contributed by atoms with Crippen LogP contribution >= 0.6 is 0 Å². The van der Waals surface area contributed by atoms with Gasteiger partial charge < -0.3 is 4.57 Å². The third-order valence-electron chi connectivity index (χ3n) is 8.73. The van der Waals surface area contributed by atoms with Crippen LogP contribution in [0.2, 0.25) is 0 Å². The Bertz CT molecular complexity index is 2480. The zero-order valence-corrected chi connectivity index (χ0v) is 24.3. The highest BCUT2D eigenvalue weighted by atomic mass is 15.0. The van der Waals surface area contributed by atoms with Gasteiger partial charge in [-0.25, -0.2) is 4.98 Å². The normalized spacial score (nSPS) is 11.6. The van der Waals surface area contributed by atoms with Gasteiger partial charge in [-0.1, -0.05) is 84.9 Å². The van der Waals surface area contributed by atoms with Crippen molar-refractivity contribution in [2.24, 2.45) is 0 Å². The van der Waals surface area contributed by atoms with Crippen LogP contribution in [0.3, 0.4) is 0 Å². The topological polar surface area (TPSA) is 43.6 Å². The van der Waals surface area contributed by atoms with E-state index in [1.165, 1.54) is 32.4 Å². The number of hydrogen-bond acceptors (Lipinski definition) is 3. The first-order valence-electron chi connectivity index (χ1n) is 15.1. The van der Waals surface area contributed by atoms with Gasteiger partial charge >= 0.3 is 0 Å². The van der Waals surface area contributed by atoms with Gasteiger partial charge in [-0.3, -0.25) is 9.97 Å². The lowest BCUT2D eigenvalue weighted by Gasteiger charge is -2.12. The Morgan fingerprint density at radius 3 is 2.04 bits per heavy atom. The zero-order chi connectivity index (χ0) is 29.7. The fourth-order valence-corrected chi connectivity index (χ4v) is 6.56. The van der Waals surface area contributed by atoms with Gasteiger partial charge in [0.05, 0.1) is 28.1 Å². The molecule has 0 aliphatic rings. The second kappa shape index (κ2) is 10.2. The van der Waals surface area contributed by atoms with Crippen LogP contribution in [0.25, 0.3) is 82.8 Å². The largest absolute Gasteiger partial charge is 0.309 e. The highest BCUT2D eigenvalue weighted by molar-refractivity contribution is 6.09. The van der Waals surface area contributed by atoms with Gasteiger partial charge in [0.15, 0.2) is 0 Å². The Kier molecular flexibility index (Phi) is 5.78. The molecule has 0 bridgehead atoms. The Labute approximate surface area is 259 Å². The molecule has 0 aliphatic heterocycles. The summed E-state index contributed by atoms with van der Waals surface area (Å²) >= 11 is 0. The Hall–Kier alpha value is -6.13. The van der Waals surface area contributed by atoms with Crippen molar-refractivity contribution < 1.29 is 0 Å². The molecule has 4 heteroatoms. The number of pyridine rings is 3. The van der Waals surface area contributed by atoms with E-state index in [4.69, 9.17) is 4.98 Å². The summed E-state index contributed by atoms with van der Waals surface area (Å²) in [5.74, 6) is 0. The third kappa shape index (κ3) is 4.27. The molecule has 0 radical (unpaired) electrons. The van der Waals surface area contributed by atoms with E-state index in [9.17, 15) is 0 Å². The van der Waals surface area contributed by atoms with Crippen LogP contribution in [0.1, 0.15) is 0 Å². The maximum atomic E-state index is 5.12. The Morgan fingerprint density at radius 2 is 1.16 bits per heavy atom. The lowest BCUT2D eigenvalue weighted by atomic mass is 9.97. The summed E-state index contributed by atoms with van der Waals surface area (Å²) in [4.78, 5) is 14.2. The van der Waals surface area contributed by atoms with E-state index in [0.29, 0.717) is 0 Å². The van der Waals surface area contributed by atoms with E-state index in [1.54, 1.807) is 0 Å². The van der Waals surface area contributed by atoms with Crippen LogP contribution in [0.15, 0.2) is 158 Å². The summed E-state index contributed by atoms with van der Waals surface area (Å²) in [7, 11) is 0. The zero-order valence-electron chi connectivity index (χ0n) is 24.3. The van der Waals surface area contributed by atoms with Gasteiger partial charge in [-0.2, -0.15) is 0 Å². The summed E-state index contributed by atoms with van der Waals surface area (Å²) in [6.07, 6.45) is 5.63. The number of aromatic nitrogens is 4. The molecule has 9 rings (SSSR count). The highest BCUT2D eigenvalue weighted by Crippen LogP contribution is 2.35. The number of fused-ring (bicyclic) bond motifs is 6. The van der Waals surface area contributed by atoms with Crippen molar-refractivity contribution >= 4 is 43.4 Å². The first-order chi connectivity index (χ1) is 22.3. The van der Waals surface area contributed by atoms with E-state index >= 15 is 0 Å². The van der Waals surface area contributed by atoms with Gasteiger partial charge in [-0.15, -0.1) is 0 Å². The lowest BCUT2D eigenvalue weighted by Crippen LogP contribution is -1.95. The number of para-hydroxylation sites is 1. The minimum absolute atomic E-state index is 0.848. The van der Waals surface area contributed by atoms with Crippen molar-refractivity contribution in [2.45, 2.75) is 0 Å². The number of benzene rings is 5. The van der Waals surface area contributed by atoms with Crippen molar-refractivity contribution in [3.63, 3.8) is 0 Å². The maximum absolute atomic E-state index is 5.12. The molecule has 0 aliphatic carbocycles. The minimum Gasteiger partial charge on any atom is -0.309 e. The first-order valence-corrected chi connectivity index (χ1v) is 15.1. The highest BCUT2D eigenvalue weighted by Gasteiger charge is 2.14. The molecule has 0 atom stereocenters. The SMILES string of the molecule is c1ccc(-c2cc(-c3ccc(-n4c5ccccc5c5cnccc54)cc3)cc(-c3ccc4c(ccc5ccccc54)c3)n2)nc1. The molecule has 4 nitrogen and oxygen atoms in total. The molecule has 45 heavy (non-hydrogen) atoms. The Balaban J connectivity index is 1.18. The second-order valence-electron chi connectivity index (χ2n) is 11.4. The molecule has 5 aromatic carbocycles. The van der Waals surface area contributed by atoms with Crippen LogP contribution < -0.4 is 0 Å². The van der Waals surface area contributed by atoms with Gasteiger partial charge in [0.2, 0.25) is 0 Å². The third-order valence-corrected chi connectivity index (χ3v) is 8.73. The molecule has 9 aromatic rings. The minimum atomic E-state index is 0.848. The first kappa shape index (κ1) is 25.4. The standard InChI is InChI=1S/C41H26N4/c1-2-8-33-28(7-1)12-13-29-23-30(16-19-34(29)33)38-24-31(25-39(44-38)37-10-5-6-21-43-37)27-14-17-32(18-15-27)45-40-11-4-3-9-35(40)36-26-42-22-20-41(36)45/h1-26H. The van der Waals surface area contributed by atoms with E-state index in [1.807, 2.05) is 36.8 Å². The molecule has 4 heterocycles. The molecule has 0 saturated carbocycles. The summed E-state index contributed by atoms with van der Waals surface area (Å²) in [6, 6.07) is 49.3. The molecule has 210 valence electrons. The van der Waals surface area contributed by atoms with E-state index in [-0.39, 0.29) is 0 Å². The average Bonchev–Trinajstić information content (AvgIpc) is 3.46. The number of nitrogens with zero attached hydrogens (tertiary/aromatic N) is 4. The van der Waals surface area contributed by atoms with Gasteiger partial charge in [0, 0.05) is 40.6 Å². The number of rotatable bonds is 4. The van der Waals surface area contributed by atoms with Crippen molar-refractivity contribution in [1.82, 2.24) is 19.5 Å². The smallest absolute Gasteiger partial charge is 0.0899 e. The van der Waals surface area contributed by atoms with Crippen LogP contribution in [0.4, 0.5) is 0 Å². The average molecular weight is 575 g/mol. The van der Waals surface area contributed by atoms with Crippen LogP contribution in [0, 0.1) is 0 Å². The quantitative estimate of drug-likeness (QED) is 0.196. The maximum Gasteiger partial charge on any atom is 0.0899 e. The summed E-state index contributed by atoms with van der Waals surface area (Å²) in [5.41, 5.74) is 9.33. The van der Waals surface area contributed by atoms with Crippen molar-refractivity contribution in [3.8, 4) is 39.5 Å². The molecule has 0 fully saturated rings. The van der Waals surface area contributed by atoms with Crippen molar-refractivity contribution in [3.05, 3.63) is 158 Å². The van der Waals surface area contributed by atoms with Gasteiger partial charge in [0.25, 0.3) is 0 Å². The van der Waals surface area contributed by atoms with Crippen molar-refractivity contribution in [2.75, 3.05) is 0 Å². The van der Waals surface area contributed by atoms with Crippen LogP contribution in [-0.2, 0) is 0 Å². The van der Waals surface area contributed by atoms with Gasteiger partial charge in [0.1, 0.15) is 0 Å². The van der Waals surface area contributed by atoms with Gasteiger partial charge in [-0.05, 0) is 87.3 Å². The van der Waals surface area contributed by atoms with Crippen LogP contribution in [-0.4, -0.2) is 19.5 Å². The molecule has 4 aromatic heterocycles. The molecule has 0 N–H and O–H groups in total. The monoisotopic (exact) mass is 574 g/mol. The lowest BCUT2D eigenvalue weighted by molar-refractivity contribution is 1.17. The molecule has 0 spiro atoms. The second-order valence-corrected chi connectivity index (χ2v) is 11.4. The fourth-order valence-electron chi connectivity index (χ4n) is 6.56.